The number of amides is 1. The lowest BCUT2D eigenvalue weighted by Gasteiger charge is -2.17. The van der Waals surface area contributed by atoms with Gasteiger partial charge in [0.15, 0.2) is 0 Å². The van der Waals surface area contributed by atoms with Gasteiger partial charge in [0.2, 0.25) is 0 Å². The van der Waals surface area contributed by atoms with Gasteiger partial charge in [-0.05, 0) is 30.2 Å². The Hall–Kier alpha value is -2.31. The number of fused-ring (bicyclic) bond motifs is 1. The fraction of sp³-hybridized carbons (Fsp3) is 0.286. The van der Waals surface area contributed by atoms with Crippen LogP contribution in [0.4, 0.5) is 18.9 Å². The standard InChI is InChI=1S/C14H12F3N3O/c1-19-7-10(12(18-19)13(16)17)14(21)20-5-4-8-6-9(15)2-3-11(8)20/h2-3,6-7,13H,4-5H2,1H3. The SMILES string of the molecule is Cn1cc(C(=O)N2CCc3cc(F)ccc32)c(C(F)F)n1. The molecule has 110 valence electrons. The van der Waals surface area contributed by atoms with Gasteiger partial charge in [0.25, 0.3) is 12.3 Å². The van der Waals surface area contributed by atoms with Crippen molar-refractivity contribution in [3.05, 3.63) is 47.0 Å². The van der Waals surface area contributed by atoms with E-state index in [1.54, 1.807) is 0 Å². The van der Waals surface area contributed by atoms with Crippen molar-refractivity contribution in [3.63, 3.8) is 0 Å². The van der Waals surface area contributed by atoms with E-state index in [1.165, 1.54) is 41.0 Å². The lowest BCUT2D eigenvalue weighted by atomic mass is 10.1. The van der Waals surface area contributed by atoms with E-state index in [9.17, 15) is 18.0 Å². The summed E-state index contributed by atoms with van der Waals surface area (Å²) in [6, 6.07) is 4.11. The molecule has 21 heavy (non-hydrogen) atoms. The van der Waals surface area contributed by atoms with E-state index < -0.39 is 18.0 Å². The third kappa shape index (κ3) is 2.28. The number of alkyl halides is 2. The van der Waals surface area contributed by atoms with E-state index in [0.29, 0.717) is 24.2 Å². The minimum absolute atomic E-state index is 0.121. The maximum absolute atomic E-state index is 13.2. The Morgan fingerprint density at radius 3 is 2.86 bits per heavy atom. The van der Waals surface area contributed by atoms with Gasteiger partial charge in [-0.2, -0.15) is 5.10 Å². The number of hydrogen-bond acceptors (Lipinski definition) is 2. The van der Waals surface area contributed by atoms with Gasteiger partial charge in [0, 0.05) is 25.5 Å². The summed E-state index contributed by atoms with van der Waals surface area (Å²) >= 11 is 0. The average molecular weight is 295 g/mol. The van der Waals surface area contributed by atoms with Gasteiger partial charge in [-0.3, -0.25) is 9.48 Å². The van der Waals surface area contributed by atoms with Crippen LogP contribution in [0.25, 0.3) is 0 Å². The van der Waals surface area contributed by atoms with Crippen molar-refractivity contribution < 1.29 is 18.0 Å². The molecule has 0 saturated heterocycles. The van der Waals surface area contributed by atoms with E-state index in [4.69, 9.17) is 0 Å². The lowest BCUT2D eigenvalue weighted by molar-refractivity contribution is 0.0974. The first-order chi connectivity index (χ1) is 9.97. The van der Waals surface area contributed by atoms with Crippen molar-refractivity contribution in [2.75, 3.05) is 11.4 Å². The highest BCUT2D eigenvalue weighted by atomic mass is 19.3. The number of aryl methyl sites for hydroxylation is 1. The normalized spacial score (nSPS) is 13.9. The Bertz CT molecular complexity index is 711. The van der Waals surface area contributed by atoms with Gasteiger partial charge in [0.1, 0.15) is 11.5 Å². The van der Waals surface area contributed by atoms with Crippen LogP contribution in [0.1, 0.15) is 28.0 Å². The number of halogens is 3. The number of nitrogens with zero attached hydrogens (tertiary/aromatic N) is 3. The van der Waals surface area contributed by atoms with Crippen LogP contribution in [0.5, 0.6) is 0 Å². The summed E-state index contributed by atoms with van der Waals surface area (Å²) in [5.74, 6) is -0.915. The molecule has 3 rings (SSSR count). The molecule has 0 saturated carbocycles. The highest BCUT2D eigenvalue weighted by Crippen LogP contribution is 2.31. The number of carbonyl (C=O) groups is 1. The molecule has 0 atom stereocenters. The molecule has 1 aliphatic rings. The van der Waals surface area contributed by atoms with E-state index >= 15 is 0 Å². The van der Waals surface area contributed by atoms with Crippen LogP contribution in [0.15, 0.2) is 24.4 Å². The number of carbonyl (C=O) groups excluding carboxylic acids is 1. The lowest BCUT2D eigenvalue weighted by Crippen LogP contribution is -2.29. The number of aromatic nitrogens is 2. The van der Waals surface area contributed by atoms with E-state index in [2.05, 4.69) is 5.10 Å². The van der Waals surface area contributed by atoms with Crippen molar-refractivity contribution in [2.24, 2.45) is 7.05 Å². The second-order valence-corrected chi connectivity index (χ2v) is 4.88. The maximum atomic E-state index is 13.2. The van der Waals surface area contributed by atoms with Gasteiger partial charge in [-0.25, -0.2) is 13.2 Å². The number of anilines is 1. The molecule has 0 fully saturated rings. The zero-order chi connectivity index (χ0) is 15.1. The first kappa shape index (κ1) is 13.7. The van der Waals surface area contributed by atoms with Crippen LogP contribution >= 0.6 is 0 Å². The molecule has 0 radical (unpaired) electrons. The highest BCUT2D eigenvalue weighted by molar-refractivity contribution is 6.07. The van der Waals surface area contributed by atoms with E-state index in [-0.39, 0.29) is 11.4 Å². The summed E-state index contributed by atoms with van der Waals surface area (Å²) in [6.45, 7) is 0.342. The second-order valence-electron chi connectivity index (χ2n) is 4.88. The van der Waals surface area contributed by atoms with Crippen molar-refractivity contribution in [3.8, 4) is 0 Å². The topological polar surface area (TPSA) is 38.1 Å². The predicted molar refractivity (Wildman–Crippen MR) is 69.9 cm³/mol. The highest BCUT2D eigenvalue weighted by Gasteiger charge is 2.30. The van der Waals surface area contributed by atoms with Crippen molar-refractivity contribution >= 4 is 11.6 Å². The Kier molecular flexibility index (Phi) is 3.19. The second kappa shape index (κ2) is 4.91. The molecule has 0 spiro atoms. The summed E-state index contributed by atoms with van der Waals surface area (Å²) in [5, 5.41) is 3.63. The van der Waals surface area contributed by atoms with Crippen LogP contribution in [-0.2, 0) is 13.5 Å². The molecule has 2 heterocycles. The molecule has 0 aliphatic carbocycles. The van der Waals surface area contributed by atoms with Crippen LogP contribution in [-0.4, -0.2) is 22.2 Å². The summed E-state index contributed by atoms with van der Waals surface area (Å²) in [7, 11) is 1.48. The molecule has 2 aromatic rings. The van der Waals surface area contributed by atoms with Crippen LogP contribution < -0.4 is 4.90 Å². The zero-order valence-corrected chi connectivity index (χ0v) is 11.2. The summed E-state index contributed by atoms with van der Waals surface area (Å²) in [5.41, 5.74) is 0.610. The molecule has 1 aliphatic heterocycles. The molecular weight excluding hydrogens is 283 g/mol. The molecule has 1 aromatic carbocycles. The quantitative estimate of drug-likeness (QED) is 0.854. The Morgan fingerprint density at radius 2 is 2.14 bits per heavy atom. The van der Waals surface area contributed by atoms with Gasteiger partial charge in [-0.1, -0.05) is 0 Å². The monoisotopic (exact) mass is 295 g/mol. The third-order valence-electron chi connectivity index (χ3n) is 3.48. The molecular formula is C14H12F3N3O. The minimum atomic E-state index is -2.82. The largest absolute Gasteiger partial charge is 0.308 e. The predicted octanol–water partition coefficient (Wildman–Crippen LogP) is 2.70. The van der Waals surface area contributed by atoms with Gasteiger partial charge in [-0.15, -0.1) is 0 Å². The van der Waals surface area contributed by atoms with E-state index in [1.807, 2.05) is 0 Å². The van der Waals surface area contributed by atoms with E-state index in [0.717, 1.165) is 0 Å². The molecule has 0 bridgehead atoms. The molecule has 0 N–H and O–H groups in total. The fourth-order valence-corrected chi connectivity index (χ4v) is 2.56. The van der Waals surface area contributed by atoms with Crippen LogP contribution in [0.3, 0.4) is 0 Å². The third-order valence-corrected chi connectivity index (χ3v) is 3.48. The molecule has 0 unspecified atom stereocenters. The number of rotatable bonds is 2. The first-order valence-electron chi connectivity index (χ1n) is 6.39. The van der Waals surface area contributed by atoms with Gasteiger partial charge >= 0.3 is 0 Å². The average Bonchev–Trinajstić information content (AvgIpc) is 3.01. The van der Waals surface area contributed by atoms with Gasteiger partial charge < -0.3 is 4.90 Å². The Balaban J connectivity index is 1.98. The van der Waals surface area contributed by atoms with Crippen molar-refractivity contribution in [2.45, 2.75) is 12.8 Å². The van der Waals surface area contributed by atoms with Crippen LogP contribution in [0.2, 0.25) is 0 Å². The van der Waals surface area contributed by atoms with Gasteiger partial charge in [0.05, 0.1) is 5.56 Å². The summed E-state index contributed by atoms with van der Waals surface area (Å²) in [4.78, 5) is 13.9. The minimum Gasteiger partial charge on any atom is -0.308 e. The Labute approximate surface area is 118 Å². The fourth-order valence-electron chi connectivity index (χ4n) is 2.56. The number of hydrogen-bond donors (Lipinski definition) is 0. The Morgan fingerprint density at radius 1 is 1.38 bits per heavy atom. The zero-order valence-electron chi connectivity index (χ0n) is 11.2. The smallest absolute Gasteiger partial charge is 0.282 e. The summed E-state index contributed by atoms with van der Waals surface area (Å²) < 4.78 is 40.2. The molecule has 1 aromatic heterocycles. The molecule has 7 heteroatoms. The summed E-state index contributed by atoms with van der Waals surface area (Å²) in [6.07, 6.45) is -1.03. The van der Waals surface area contributed by atoms with Crippen molar-refractivity contribution in [1.29, 1.82) is 0 Å². The van der Waals surface area contributed by atoms with Crippen molar-refractivity contribution in [1.82, 2.24) is 9.78 Å². The number of benzene rings is 1. The van der Waals surface area contributed by atoms with Crippen LogP contribution in [0, 0.1) is 5.82 Å². The molecule has 4 nitrogen and oxygen atoms in total. The maximum Gasteiger partial charge on any atom is 0.282 e. The molecule has 1 amide bonds. The first-order valence-corrected chi connectivity index (χ1v) is 6.39.